The Hall–Kier alpha value is -4.10. The van der Waals surface area contributed by atoms with E-state index in [1.165, 1.54) is 4.52 Å². The highest BCUT2D eigenvalue weighted by molar-refractivity contribution is 7.15. The molecule has 0 radical (unpaired) electrons. The van der Waals surface area contributed by atoms with Gasteiger partial charge in [0.1, 0.15) is 12.4 Å². The van der Waals surface area contributed by atoms with Gasteiger partial charge in [0.15, 0.2) is 5.69 Å². The summed E-state index contributed by atoms with van der Waals surface area (Å²) < 4.78 is 7.45. The van der Waals surface area contributed by atoms with Gasteiger partial charge in [-0.15, -0.1) is 0 Å². The minimum atomic E-state index is -0.455. The van der Waals surface area contributed by atoms with Gasteiger partial charge in [0.05, 0.1) is 4.53 Å². The van der Waals surface area contributed by atoms with E-state index < -0.39 is 5.56 Å². The Bertz CT molecular complexity index is 1540. The summed E-state index contributed by atoms with van der Waals surface area (Å²) in [5.74, 6) is 0.742. The molecule has 3 aromatic carbocycles. The Balaban J connectivity index is 1.44. The third kappa shape index (κ3) is 4.06. The first-order valence-electron chi connectivity index (χ1n) is 9.95. The molecule has 0 aliphatic carbocycles. The maximum absolute atomic E-state index is 12.9. The molecule has 0 bridgehead atoms. The number of rotatable bonds is 5. The molecule has 0 saturated heterocycles. The van der Waals surface area contributed by atoms with Gasteiger partial charge in [0.2, 0.25) is 4.96 Å². The van der Waals surface area contributed by atoms with Gasteiger partial charge in [-0.2, -0.15) is 14.6 Å². The first-order chi connectivity index (χ1) is 15.7. The first kappa shape index (κ1) is 19.8. The highest BCUT2D eigenvalue weighted by Crippen LogP contribution is 2.15. The summed E-state index contributed by atoms with van der Waals surface area (Å²) in [4.78, 5) is 29.6. The van der Waals surface area contributed by atoms with E-state index in [0.29, 0.717) is 16.7 Å². The van der Waals surface area contributed by atoms with Crippen molar-refractivity contribution in [3.63, 3.8) is 0 Å². The molecule has 7 heteroatoms. The quantitative estimate of drug-likeness (QED) is 0.420. The molecule has 0 atom stereocenters. The summed E-state index contributed by atoms with van der Waals surface area (Å²) in [6.07, 6.45) is 1.76. The summed E-state index contributed by atoms with van der Waals surface area (Å²) in [7, 11) is 0. The molecule has 0 aliphatic rings. The summed E-state index contributed by atoms with van der Waals surface area (Å²) in [5.41, 5.74) is 1.95. The van der Waals surface area contributed by atoms with E-state index in [1.54, 1.807) is 18.2 Å². The average molecular weight is 439 g/mol. The molecular formula is C25H17N3O3S. The Morgan fingerprint density at radius 3 is 2.28 bits per heavy atom. The molecule has 0 N–H and O–H groups in total. The smallest absolute Gasteiger partial charge is 0.300 e. The molecule has 32 heavy (non-hydrogen) atoms. The minimum Gasteiger partial charge on any atom is -0.489 e. The van der Waals surface area contributed by atoms with Crippen LogP contribution in [0.5, 0.6) is 5.75 Å². The van der Waals surface area contributed by atoms with Gasteiger partial charge >= 0.3 is 5.56 Å². The van der Waals surface area contributed by atoms with Crippen LogP contribution in [0.4, 0.5) is 0 Å². The van der Waals surface area contributed by atoms with E-state index in [1.807, 2.05) is 72.8 Å². The first-order valence-corrected chi connectivity index (χ1v) is 10.8. The number of nitrogens with zero attached hydrogens (tertiary/aromatic N) is 3. The molecule has 6 nitrogen and oxygen atoms in total. The third-order valence-corrected chi connectivity index (χ3v) is 5.82. The zero-order valence-electron chi connectivity index (χ0n) is 16.8. The van der Waals surface area contributed by atoms with E-state index in [-0.39, 0.29) is 16.2 Å². The molecule has 2 aromatic heterocycles. The van der Waals surface area contributed by atoms with Crippen LogP contribution < -0.4 is 20.4 Å². The van der Waals surface area contributed by atoms with E-state index in [2.05, 4.69) is 10.1 Å². The van der Waals surface area contributed by atoms with Crippen molar-refractivity contribution < 1.29 is 4.74 Å². The molecular weight excluding hydrogens is 422 g/mol. The lowest BCUT2D eigenvalue weighted by molar-refractivity contribution is 0.306. The van der Waals surface area contributed by atoms with Crippen molar-refractivity contribution in [2.45, 2.75) is 6.61 Å². The molecule has 5 aromatic rings. The fraction of sp³-hybridized carbons (Fsp3) is 0.0400. The Morgan fingerprint density at radius 2 is 1.56 bits per heavy atom. The number of hydrogen-bond donors (Lipinski definition) is 0. The molecule has 0 unspecified atom stereocenters. The van der Waals surface area contributed by atoms with Gasteiger partial charge in [0.25, 0.3) is 5.56 Å². The van der Waals surface area contributed by atoms with Crippen LogP contribution >= 0.6 is 11.3 Å². The number of ether oxygens (including phenoxy) is 1. The predicted molar refractivity (Wildman–Crippen MR) is 125 cm³/mol. The molecule has 0 spiro atoms. The van der Waals surface area contributed by atoms with Crippen molar-refractivity contribution in [3.8, 4) is 17.0 Å². The predicted octanol–water partition coefficient (Wildman–Crippen LogP) is 3.30. The van der Waals surface area contributed by atoms with Crippen LogP contribution in [0.1, 0.15) is 11.1 Å². The van der Waals surface area contributed by atoms with Crippen molar-refractivity contribution in [2.75, 3.05) is 0 Å². The molecule has 0 amide bonds. The van der Waals surface area contributed by atoms with E-state index in [0.717, 1.165) is 28.2 Å². The van der Waals surface area contributed by atoms with Crippen LogP contribution in [-0.2, 0) is 6.61 Å². The summed E-state index contributed by atoms with van der Waals surface area (Å²) in [6, 6.07) is 26.4. The van der Waals surface area contributed by atoms with Crippen LogP contribution in [0, 0.1) is 0 Å². The van der Waals surface area contributed by atoms with Crippen molar-refractivity contribution in [1.82, 2.24) is 14.6 Å². The van der Waals surface area contributed by atoms with Crippen LogP contribution in [0.25, 0.3) is 22.3 Å². The van der Waals surface area contributed by atoms with Crippen molar-refractivity contribution in [2.24, 2.45) is 0 Å². The highest BCUT2D eigenvalue weighted by atomic mass is 32.1. The molecule has 2 heterocycles. The van der Waals surface area contributed by atoms with Crippen LogP contribution in [0.2, 0.25) is 0 Å². The van der Waals surface area contributed by atoms with Gasteiger partial charge in [-0.1, -0.05) is 84.1 Å². The van der Waals surface area contributed by atoms with Crippen molar-refractivity contribution in [3.05, 3.63) is 121 Å². The third-order valence-electron chi connectivity index (χ3n) is 4.86. The van der Waals surface area contributed by atoms with Gasteiger partial charge in [-0.25, -0.2) is 0 Å². The second-order valence-corrected chi connectivity index (χ2v) is 8.09. The maximum atomic E-state index is 12.9. The van der Waals surface area contributed by atoms with Crippen molar-refractivity contribution >= 4 is 22.4 Å². The standard InChI is InChI=1S/C25H17N3O3S/c29-23-22(19-9-5-2-6-10-19)27-28-24(30)21(32-25(28)26-23)15-17-11-13-20(14-12-17)31-16-18-7-3-1-4-8-18/h1-15H,16H2. The number of fused-ring (bicyclic) bond motifs is 1. The Kier molecular flexibility index (Phi) is 5.31. The Morgan fingerprint density at radius 1 is 0.875 bits per heavy atom. The van der Waals surface area contributed by atoms with Gasteiger partial charge in [0, 0.05) is 5.56 Å². The number of aromatic nitrogens is 3. The minimum absolute atomic E-state index is 0.157. The number of hydrogen-bond acceptors (Lipinski definition) is 6. The van der Waals surface area contributed by atoms with Gasteiger partial charge < -0.3 is 4.74 Å². The maximum Gasteiger partial charge on any atom is 0.300 e. The number of thiazole rings is 1. The summed E-state index contributed by atoms with van der Waals surface area (Å²) in [6.45, 7) is 0.486. The zero-order valence-corrected chi connectivity index (χ0v) is 17.7. The monoisotopic (exact) mass is 439 g/mol. The van der Waals surface area contributed by atoms with E-state index >= 15 is 0 Å². The van der Waals surface area contributed by atoms with E-state index in [9.17, 15) is 9.59 Å². The number of benzene rings is 3. The van der Waals surface area contributed by atoms with Crippen LogP contribution in [-0.4, -0.2) is 14.6 Å². The molecule has 0 aliphatic heterocycles. The zero-order chi connectivity index (χ0) is 21.9. The molecule has 0 saturated carbocycles. The second kappa shape index (κ2) is 8.56. The molecule has 5 rings (SSSR count). The molecule has 0 fully saturated rings. The van der Waals surface area contributed by atoms with Crippen LogP contribution in [0.15, 0.2) is 94.5 Å². The Labute approximate surface area is 186 Å². The van der Waals surface area contributed by atoms with Crippen molar-refractivity contribution in [1.29, 1.82) is 0 Å². The van der Waals surface area contributed by atoms with Gasteiger partial charge in [-0.3, -0.25) is 9.59 Å². The lowest BCUT2D eigenvalue weighted by Crippen LogP contribution is -2.26. The summed E-state index contributed by atoms with van der Waals surface area (Å²) >= 11 is 1.14. The average Bonchev–Trinajstić information content (AvgIpc) is 3.13. The second-order valence-electron chi connectivity index (χ2n) is 7.09. The fourth-order valence-electron chi connectivity index (χ4n) is 3.24. The summed E-state index contributed by atoms with van der Waals surface area (Å²) in [5, 5.41) is 4.27. The molecule has 156 valence electrons. The van der Waals surface area contributed by atoms with Gasteiger partial charge in [-0.05, 0) is 29.3 Å². The van der Waals surface area contributed by atoms with E-state index in [4.69, 9.17) is 4.74 Å². The normalized spacial score (nSPS) is 11.7. The highest BCUT2D eigenvalue weighted by Gasteiger charge is 2.12. The lowest BCUT2D eigenvalue weighted by Gasteiger charge is -2.06. The topological polar surface area (TPSA) is 73.6 Å². The SMILES string of the molecule is O=c1nc2sc(=Cc3ccc(OCc4ccccc4)cc3)c(=O)n2nc1-c1ccccc1. The largest absolute Gasteiger partial charge is 0.489 e. The lowest BCUT2D eigenvalue weighted by atomic mass is 10.2. The van der Waals surface area contributed by atoms with Crippen LogP contribution in [0.3, 0.4) is 0 Å². The fourth-order valence-corrected chi connectivity index (χ4v) is 4.14.